The van der Waals surface area contributed by atoms with Gasteiger partial charge in [0.2, 0.25) is 0 Å². The van der Waals surface area contributed by atoms with E-state index >= 15 is 0 Å². The zero-order valence-electron chi connectivity index (χ0n) is 15.9. The molecule has 1 aromatic heterocycles. The molecule has 1 aromatic carbocycles. The van der Waals surface area contributed by atoms with E-state index in [0.29, 0.717) is 23.9 Å². The lowest BCUT2D eigenvalue weighted by Gasteiger charge is -2.20. The van der Waals surface area contributed by atoms with E-state index in [2.05, 4.69) is 56.7 Å². The van der Waals surface area contributed by atoms with Crippen LogP contribution in [0.1, 0.15) is 22.7 Å². The summed E-state index contributed by atoms with van der Waals surface area (Å²) in [6.45, 7) is 4.39. The summed E-state index contributed by atoms with van der Waals surface area (Å²) in [6, 6.07) is 8.75. The van der Waals surface area contributed by atoms with E-state index < -0.39 is 11.9 Å². The largest absolute Gasteiger partial charge is 0.434 e. The number of aromatic nitrogens is 1. The minimum atomic E-state index is -4.38. The molecule has 5 nitrogen and oxygen atoms in total. The second kappa shape index (κ2) is 8.81. The number of hydrogen-bond donors (Lipinski definition) is 2. The van der Waals surface area contributed by atoms with Crippen molar-refractivity contribution in [2.24, 2.45) is 4.99 Å². The summed E-state index contributed by atoms with van der Waals surface area (Å²) in [7, 11) is 1.69. The molecule has 1 aliphatic heterocycles. The topological polar surface area (TPSA) is 52.6 Å². The molecule has 2 aromatic rings. The van der Waals surface area contributed by atoms with E-state index in [-0.39, 0.29) is 6.04 Å². The summed E-state index contributed by atoms with van der Waals surface area (Å²) in [6.07, 6.45) is -2.97. The maximum atomic E-state index is 12.6. The van der Waals surface area contributed by atoms with Gasteiger partial charge in [-0.2, -0.15) is 13.2 Å². The fraction of sp³-hybridized carbons (Fsp3) is 0.474. The molecule has 0 amide bonds. The molecule has 2 heterocycles. The van der Waals surface area contributed by atoms with Gasteiger partial charge in [-0.15, -0.1) is 11.3 Å². The van der Waals surface area contributed by atoms with E-state index in [4.69, 9.17) is 0 Å². The Balaban J connectivity index is 1.45. The highest BCUT2D eigenvalue weighted by Gasteiger charge is 2.33. The van der Waals surface area contributed by atoms with Crippen LogP contribution >= 0.6 is 11.3 Å². The summed E-state index contributed by atoms with van der Waals surface area (Å²) in [5.74, 6) is 0.656. The molecular formula is C19H24F3N5S. The van der Waals surface area contributed by atoms with Crippen molar-refractivity contribution in [1.82, 2.24) is 15.6 Å². The third-order valence-electron chi connectivity index (χ3n) is 4.63. The van der Waals surface area contributed by atoms with Gasteiger partial charge in [0.25, 0.3) is 0 Å². The summed E-state index contributed by atoms with van der Waals surface area (Å²) in [4.78, 5) is 10.2. The molecule has 152 valence electrons. The van der Waals surface area contributed by atoms with Crippen molar-refractivity contribution >= 4 is 23.0 Å². The van der Waals surface area contributed by atoms with Crippen molar-refractivity contribution in [3.8, 4) is 0 Å². The molecule has 1 saturated heterocycles. The van der Waals surface area contributed by atoms with Gasteiger partial charge in [-0.3, -0.25) is 4.99 Å². The lowest BCUT2D eigenvalue weighted by Crippen LogP contribution is -2.45. The van der Waals surface area contributed by atoms with Crippen LogP contribution in [0.5, 0.6) is 0 Å². The van der Waals surface area contributed by atoms with Crippen LogP contribution in [0.3, 0.4) is 0 Å². The van der Waals surface area contributed by atoms with Gasteiger partial charge in [-0.1, -0.05) is 17.7 Å². The Morgan fingerprint density at radius 1 is 1.32 bits per heavy atom. The first kappa shape index (κ1) is 20.4. The van der Waals surface area contributed by atoms with Crippen molar-refractivity contribution in [3.63, 3.8) is 0 Å². The Morgan fingerprint density at radius 2 is 2.07 bits per heavy atom. The van der Waals surface area contributed by atoms with Crippen LogP contribution < -0.4 is 15.5 Å². The van der Waals surface area contributed by atoms with Crippen LogP contribution in [0.4, 0.5) is 18.9 Å². The molecule has 28 heavy (non-hydrogen) atoms. The van der Waals surface area contributed by atoms with E-state index in [1.165, 1.54) is 11.3 Å². The third-order valence-corrected chi connectivity index (χ3v) is 5.53. The monoisotopic (exact) mass is 411 g/mol. The van der Waals surface area contributed by atoms with Crippen molar-refractivity contribution in [1.29, 1.82) is 0 Å². The van der Waals surface area contributed by atoms with Crippen LogP contribution in [0.15, 0.2) is 34.6 Å². The second-order valence-electron chi connectivity index (χ2n) is 6.78. The molecule has 0 saturated carbocycles. The van der Waals surface area contributed by atoms with E-state index in [1.54, 1.807) is 7.05 Å². The zero-order chi connectivity index (χ0) is 20.1. The van der Waals surface area contributed by atoms with Gasteiger partial charge in [-0.25, -0.2) is 4.98 Å². The molecule has 0 radical (unpaired) electrons. The minimum absolute atomic E-state index is 0.268. The first-order valence-corrected chi connectivity index (χ1v) is 10.0. The number of halogens is 3. The predicted molar refractivity (Wildman–Crippen MR) is 107 cm³/mol. The number of alkyl halides is 3. The molecule has 1 fully saturated rings. The van der Waals surface area contributed by atoms with Crippen LogP contribution in [0.2, 0.25) is 0 Å². The number of rotatable bonds is 5. The average molecular weight is 411 g/mol. The maximum Gasteiger partial charge on any atom is 0.434 e. The number of thiazole rings is 1. The van der Waals surface area contributed by atoms with Crippen molar-refractivity contribution < 1.29 is 13.2 Å². The highest BCUT2D eigenvalue weighted by Crippen LogP contribution is 2.30. The average Bonchev–Trinajstić information content (AvgIpc) is 3.31. The summed E-state index contributed by atoms with van der Waals surface area (Å²) in [5, 5.41) is 8.07. The number of hydrogen-bond acceptors (Lipinski definition) is 4. The van der Waals surface area contributed by atoms with E-state index in [1.807, 2.05) is 0 Å². The molecule has 0 aliphatic carbocycles. The number of aliphatic imine (C=N–C) groups is 1. The molecule has 1 atom stereocenters. The number of nitrogens with zero attached hydrogens (tertiary/aromatic N) is 3. The van der Waals surface area contributed by atoms with Crippen LogP contribution in [0, 0.1) is 6.92 Å². The maximum absolute atomic E-state index is 12.6. The zero-order valence-corrected chi connectivity index (χ0v) is 16.7. The molecule has 2 N–H and O–H groups in total. The number of nitrogens with one attached hydrogen (secondary N) is 2. The first-order chi connectivity index (χ1) is 13.3. The molecule has 1 unspecified atom stereocenters. The third kappa shape index (κ3) is 5.37. The summed E-state index contributed by atoms with van der Waals surface area (Å²) in [5.41, 5.74) is 1.63. The fourth-order valence-electron chi connectivity index (χ4n) is 3.10. The Kier molecular flexibility index (Phi) is 6.43. The number of guanidine groups is 1. The highest BCUT2D eigenvalue weighted by molar-refractivity contribution is 7.09. The molecule has 3 rings (SSSR count). The Bertz CT molecular complexity index is 801. The highest BCUT2D eigenvalue weighted by atomic mass is 32.1. The Hall–Kier alpha value is -2.29. The SMILES string of the molecule is CN=C(NCCc1nc(C(F)(F)F)cs1)NC1CCN(c2ccc(C)cc2)C1. The van der Waals surface area contributed by atoms with Crippen LogP contribution in [0.25, 0.3) is 0 Å². The van der Waals surface area contributed by atoms with Crippen molar-refractivity contribution in [3.05, 3.63) is 45.9 Å². The van der Waals surface area contributed by atoms with Gasteiger partial charge >= 0.3 is 6.18 Å². The first-order valence-electron chi connectivity index (χ1n) is 9.15. The fourth-order valence-corrected chi connectivity index (χ4v) is 3.90. The lowest BCUT2D eigenvalue weighted by molar-refractivity contribution is -0.140. The van der Waals surface area contributed by atoms with Crippen molar-refractivity contribution in [2.45, 2.75) is 32.0 Å². The van der Waals surface area contributed by atoms with Gasteiger partial charge in [0, 0.05) is 50.2 Å². The van der Waals surface area contributed by atoms with Crippen LogP contribution in [-0.2, 0) is 12.6 Å². The summed E-state index contributed by atoms with van der Waals surface area (Å²) >= 11 is 1.03. The van der Waals surface area contributed by atoms with Crippen molar-refractivity contribution in [2.75, 3.05) is 31.6 Å². The standard InChI is InChI=1S/C19H24F3N5S/c1-13-3-5-15(6-4-13)27-10-8-14(11-27)25-18(23-2)24-9-7-17-26-16(12-28-17)19(20,21)22/h3-6,12,14H,7-11H2,1-2H3,(H2,23,24,25). The van der Waals surface area contributed by atoms with Gasteiger partial charge < -0.3 is 15.5 Å². The molecule has 0 spiro atoms. The Labute approximate surface area is 166 Å². The predicted octanol–water partition coefficient (Wildman–Crippen LogP) is 3.46. The van der Waals surface area contributed by atoms with E-state index in [9.17, 15) is 13.2 Å². The van der Waals surface area contributed by atoms with Gasteiger partial charge in [0.1, 0.15) is 0 Å². The smallest absolute Gasteiger partial charge is 0.369 e. The lowest BCUT2D eigenvalue weighted by atomic mass is 10.2. The molecular weight excluding hydrogens is 387 g/mol. The minimum Gasteiger partial charge on any atom is -0.369 e. The van der Waals surface area contributed by atoms with Crippen LogP contribution in [-0.4, -0.2) is 43.7 Å². The normalized spacial score (nSPS) is 17.8. The number of anilines is 1. The van der Waals surface area contributed by atoms with Gasteiger partial charge in [-0.05, 0) is 25.5 Å². The van der Waals surface area contributed by atoms with E-state index in [0.717, 1.165) is 36.2 Å². The number of benzene rings is 1. The summed E-state index contributed by atoms with van der Waals surface area (Å²) < 4.78 is 37.8. The molecule has 1 aliphatic rings. The quantitative estimate of drug-likeness (QED) is 0.585. The second-order valence-corrected chi connectivity index (χ2v) is 7.73. The number of aryl methyl sites for hydroxylation is 1. The molecule has 0 bridgehead atoms. The van der Waals surface area contributed by atoms with Gasteiger partial charge in [0.05, 0.1) is 5.01 Å². The Morgan fingerprint density at radius 3 is 2.71 bits per heavy atom. The molecule has 9 heteroatoms. The van der Waals surface area contributed by atoms with Gasteiger partial charge in [0.15, 0.2) is 11.7 Å².